The molecule has 0 amide bonds. The molecular formula is C38H62O6. The number of aliphatic hydroxyl groups excluding tert-OH is 2. The fourth-order valence-corrected chi connectivity index (χ4v) is 4.25. The van der Waals surface area contributed by atoms with Crippen LogP contribution in [0.25, 0.3) is 0 Å². The van der Waals surface area contributed by atoms with Crippen LogP contribution in [0.1, 0.15) is 129 Å². The molecule has 2 atom stereocenters. The number of aliphatic hydroxyl groups is 2. The van der Waals surface area contributed by atoms with Gasteiger partial charge in [-0.25, -0.2) is 0 Å². The fourth-order valence-electron chi connectivity index (χ4n) is 4.25. The average Bonchev–Trinajstić information content (AvgIpc) is 3.02. The number of rotatable bonds is 29. The monoisotopic (exact) mass is 614 g/mol. The van der Waals surface area contributed by atoms with Gasteiger partial charge >= 0.3 is 11.9 Å². The number of carbonyl (C=O) groups is 2. The molecule has 0 bridgehead atoms. The summed E-state index contributed by atoms with van der Waals surface area (Å²) >= 11 is 0. The van der Waals surface area contributed by atoms with Crippen LogP contribution in [0.15, 0.2) is 72.9 Å². The molecule has 0 aliphatic heterocycles. The Bertz CT molecular complexity index is 851. The first-order chi connectivity index (χ1) is 21.5. The fraction of sp³-hybridized carbons (Fsp3) is 0.632. The predicted octanol–water partition coefficient (Wildman–Crippen LogP) is 9.19. The van der Waals surface area contributed by atoms with Crippen LogP contribution in [0.4, 0.5) is 0 Å². The van der Waals surface area contributed by atoms with Gasteiger partial charge in [0.2, 0.25) is 0 Å². The summed E-state index contributed by atoms with van der Waals surface area (Å²) < 4.78 is 10.4. The molecular weight excluding hydrogens is 552 g/mol. The Balaban J connectivity index is 3.88. The maximum absolute atomic E-state index is 12.1. The van der Waals surface area contributed by atoms with Gasteiger partial charge in [0, 0.05) is 12.8 Å². The van der Waals surface area contributed by atoms with Crippen molar-refractivity contribution in [3.8, 4) is 0 Å². The summed E-state index contributed by atoms with van der Waals surface area (Å²) in [5.41, 5.74) is 0. The average molecular weight is 615 g/mol. The van der Waals surface area contributed by atoms with Crippen molar-refractivity contribution < 1.29 is 29.3 Å². The molecule has 0 aromatic heterocycles. The molecule has 0 fully saturated rings. The number of hydrogen-bond acceptors (Lipinski definition) is 6. The summed E-state index contributed by atoms with van der Waals surface area (Å²) in [6, 6.07) is 0. The summed E-state index contributed by atoms with van der Waals surface area (Å²) in [6.07, 6.45) is 39.9. The van der Waals surface area contributed by atoms with E-state index in [0.717, 1.165) is 44.9 Å². The zero-order valence-corrected chi connectivity index (χ0v) is 27.8. The third kappa shape index (κ3) is 30.7. The zero-order valence-electron chi connectivity index (χ0n) is 27.8. The second-order valence-corrected chi connectivity index (χ2v) is 11.1. The van der Waals surface area contributed by atoms with E-state index in [1.165, 1.54) is 44.9 Å². The first kappa shape index (κ1) is 41.3. The van der Waals surface area contributed by atoms with Gasteiger partial charge in [-0.3, -0.25) is 9.59 Å². The first-order valence-corrected chi connectivity index (χ1v) is 17.1. The molecule has 0 aliphatic rings. The number of esters is 2. The third-order valence-corrected chi connectivity index (χ3v) is 6.86. The van der Waals surface area contributed by atoms with Gasteiger partial charge in [-0.15, -0.1) is 0 Å². The summed E-state index contributed by atoms with van der Waals surface area (Å²) in [5, 5.41) is 19.5. The molecule has 6 heteroatoms. The minimum atomic E-state index is -0.836. The van der Waals surface area contributed by atoms with Crippen LogP contribution in [0, 0.1) is 0 Å². The molecule has 0 heterocycles. The van der Waals surface area contributed by atoms with E-state index in [9.17, 15) is 19.8 Å². The summed E-state index contributed by atoms with van der Waals surface area (Å²) in [7, 11) is 0. The highest BCUT2D eigenvalue weighted by Crippen LogP contribution is 2.12. The van der Waals surface area contributed by atoms with Crippen molar-refractivity contribution in [3.63, 3.8) is 0 Å². The van der Waals surface area contributed by atoms with Crippen LogP contribution < -0.4 is 0 Å². The lowest BCUT2D eigenvalue weighted by Crippen LogP contribution is -2.28. The quantitative estimate of drug-likeness (QED) is 0.0378. The van der Waals surface area contributed by atoms with Crippen molar-refractivity contribution in [3.05, 3.63) is 72.9 Å². The minimum absolute atomic E-state index is 0.149. The van der Waals surface area contributed by atoms with E-state index in [4.69, 9.17) is 9.47 Å². The van der Waals surface area contributed by atoms with Crippen LogP contribution >= 0.6 is 0 Å². The lowest BCUT2D eigenvalue weighted by Gasteiger charge is -2.15. The Labute approximate surface area is 268 Å². The Hall–Kier alpha value is -2.70. The van der Waals surface area contributed by atoms with Crippen molar-refractivity contribution in [2.45, 2.75) is 142 Å². The molecule has 44 heavy (non-hydrogen) atoms. The summed E-state index contributed by atoms with van der Waals surface area (Å²) in [4.78, 5) is 24.1. The standard InChI is InChI=1S/C38H62O6/c1-3-5-7-9-11-13-15-16-17-18-20-22-25-29-35(40)30-26-24-28-31-37(41)43-34-36(33-39)44-38(42)32-27-23-21-19-14-12-10-8-6-4-2/h5,7,11,13,16-17,20,22,24-26,29,35-36,39-40H,3-4,6,8-10,12,14-15,18-19,21,23,27-28,30-34H2,1-2H3/b7-5-,13-11-,17-16-,22-20-,26-24-,29-25-/t35?,36-/m0/s1. The van der Waals surface area contributed by atoms with Crippen LogP contribution in [0.3, 0.4) is 0 Å². The number of allylic oxidation sites excluding steroid dienone is 10. The van der Waals surface area contributed by atoms with Crippen molar-refractivity contribution in [2.75, 3.05) is 13.2 Å². The number of hydrogen-bond donors (Lipinski definition) is 2. The van der Waals surface area contributed by atoms with Crippen LogP contribution in [0.2, 0.25) is 0 Å². The molecule has 2 N–H and O–H groups in total. The predicted molar refractivity (Wildman–Crippen MR) is 183 cm³/mol. The van der Waals surface area contributed by atoms with Crippen molar-refractivity contribution >= 4 is 11.9 Å². The Morgan fingerprint density at radius 2 is 1.25 bits per heavy atom. The maximum Gasteiger partial charge on any atom is 0.306 e. The van der Waals surface area contributed by atoms with E-state index in [1.54, 1.807) is 6.08 Å². The lowest BCUT2D eigenvalue weighted by atomic mass is 10.1. The highest BCUT2D eigenvalue weighted by atomic mass is 16.6. The van der Waals surface area contributed by atoms with Crippen molar-refractivity contribution in [1.29, 1.82) is 0 Å². The Kier molecular flexibility index (Phi) is 31.2. The van der Waals surface area contributed by atoms with Gasteiger partial charge in [-0.2, -0.15) is 0 Å². The molecule has 0 radical (unpaired) electrons. The van der Waals surface area contributed by atoms with Crippen molar-refractivity contribution in [2.24, 2.45) is 0 Å². The smallest absolute Gasteiger partial charge is 0.306 e. The molecule has 0 aromatic carbocycles. The molecule has 0 rings (SSSR count). The maximum atomic E-state index is 12.1. The Morgan fingerprint density at radius 1 is 0.659 bits per heavy atom. The highest BCUT2D eigenvalue weighted by molar-refractivity contribution is 5.70. The lowest BCUT2D eigenvalue weighted by molar-refractivity contribution is -0.161. The third-order valence-electron chi connectivity index (χ3n) is 6.86. The largest absolute Gasteiger partial charge is 0.462 e. The number of carbonyl (C=O) groups excluding carboxylic acids is 2. The molecule has 0 saturated heterocycles. The number of ether oxygens (including phenoxy) is 2. The van der Waals surface area contributed by atoms with Gasteiger partial charge in [0.05, 0.1) is 12.7 Å². The van der Waals surface area contributed by atoms with Gasteiger partial charge in [-0.1, -0.05) is 145 Å². The molecule has 6 nitrogen and oxygen atoms in total. The van der Waals surface area contributed by atoms with Crippen LogP contribution in [-0.2, 0) is 19.1 Å². The van der Waals surface area contributed by atoms with E-state index in [0.29, 0.717) is 19.3 Å². The van der Waals surface area contributed by atoms with Gasteiger partial charge in [0.25, 0.3) is 0 Å². The topological polar surface area (TPSA) is 93.1 Å². The highest BCUT2D eigenvalue weighted by Gasteiger charge is 2.15. The van der Waals surface area contributed by atoms with Gasteiger partial charge in [0.1, 0.15) is 6.61 Å². The molecule has 0 aromatic rings. The molecule has 0 aliphatic carbocycles. The van der Waals surface area contributed by atoms with Crippen molar-refractivity contribution in [1.82, 2.24) is 0 Å². The van der Waals surface area contributed by atoms with E-state index < -0.39 is 18.2 Å². The van der Waals surface area contributed by atoms with E-state index >= 15 is 0 Å². The minimum Gasteiger partial charge on any atom is -0.462 e. The SMILES string of the molecule is CC/C=C\C/C=C\C/C=C\C/C=C\C=C/C(O)C/C=C\CCC(=O)OC[C@H](CO)OC(=O)CCCCCCCCCCCC. The van der Waals surface area contributed by atoms with E-state index in [-0.39, 0.29) is 25.6 Å². The second-order valence-electron chi connectivity index (χ2n) is 11.1. The van der Waals surface area contributed by atoms with Gasteiger partial charge in [0.15, 0.2) is 6.10 Å². The van der Waals surface area contributed by atoms with Crippen LogP contribution in [0.5, 0.6) is 0 Å². The normalized spacial score (nSPS) is 13.8. The molecule has 0 spiro atoms. The van der Waals surface area contributed by atoms with E-state index in [2.05, 4.69) is 50.3 Å². The zero-order chi connectivity index (χ0) is 32.4. The van der Waals surface area contributed by atoms with E-state index in [1.807, 2.05) is 30.4 Å². The van der Waals surface area contributed by atoms with Gasteiger partial charge in [-0.05, 0) is 44.9 Å². The Morgan fingerprint density at radius 3 is 1.86 bits per heavy atom. The number of unbranched alkanes of at least 4 members (excludes halogenated alkanes) is 9. The molecule has 1 unspecified atom stereocenters. The molecule has 250 valence electrons. The van der Waals surface area contributed by atoms with Gasteiger partial charge < -0.3 is 19.7 Å². The second kappa shape index (κ2) is 33.2. The van der Waals surface area contributed by atoms with Crippen LogP contribution in [-0.4, -0.2) is 47.6 Å². The summed E-state index contributed by atoms with van der Waals surface area (Å²) in [6.45, 7) is 3.82. The first-order valence-electron chi connectivity index (χ1n) is 17.1. The molecule has 0 saturated carbocycles. The summed E-state index contributed by atoms with van der Waals surface area (Å²) in [5.74, 6) is -0.782.